The fraction of sp³-hybridized carbons (Fsp3) is 0.308. The molecule has 0 amide bonds. The second kappa shape index (κ2) is 5.64. The van der Waals surface area contributed by atoms with Crippen molar-refractivity contribution in [1.29, 1.82) is 0 Å². The lowest BCUT2D eigenvalue weighted by Crippen LogP contribution is -1.92. The number of methoxy groups -OCH3 is 1. The molecular formula is C13H15FN2O2. The van der Waals surface area contributed by atoms with Crippen LogP contribution in [0.5, 0.6) is 5.75 Å². The first kappa shape index (κ1) is 12.6. The zero-order valence-corrected chi connectivity index (χ0v) is 10.1. The van der Waals surface area contributed by atoms with E-state index in [9.17, 15) is 4.39 Å². The van der Waals surface area contributed by atoms with E-state index in [1.807, 2.05) is 0 Å². The highest BCUT2D eigenvalue weighted by molar-refractivity contribution is 5.66. The van der Waals surface area contributed by atoms with Gasteiger partial charge in [0, 0.05) is 18.6 Å². The van der Waals surface area contributed by atoms with Crippen LogP contribution in [0.1, 0.15) is 12.2 Å². The molecule has 1 aromatic heterocycles. The molecule has 2 rings (SSSR count). The number of H-pyrrole nitrogens is 1. The number of imidazole rings is 1. The summed E-state index contributed by atoms with van der Waals surface area (Å²) in [6.07, 6.45) is 2.95. The monoisotopic (exact) mass is 250 g/mol. The number of ether oxygens (including phenoxy) is 1. The number of hydrogen-bond donors (Lipinski definition) is 2. The van der Waals surface area contributed by atoms with E-state index in [2.05, 4.69) is 9.97 Å². The maximum Gasteiger partial charge on any atom is 0.128 e. The van der Waals surface area contributed by atoms with Gasteiger partial charge < -0.3 is 14.8 Å². The summed E-state index contributed by atoms with van der Waals surface area (Å²) in [5.41, 5.74) is 1.35. The van der Waals surface area contributed by atoms with E-state index in [-0.39, 0.29) is 12.4 Å². The number of aliphatic hydroxyl groups is 1. The average molecular weight is 250 g/mol. The van der Waals surface area contributed by atoms with E-state index in [1.54, 1.807) is 19.4 Å². The Hall–Kier alpha value is -1.88. The van der Waals surface area contributed by atoms with Crippen LogP contribution in [0.4, 0.5) is 4.39 Å². The molecule has 0 bridgehead atoms. The Morgan fingerprint density at radius 1 is 1.44 bits per heavy atom. The first-order chi connectivity index (χ1) is 8.74. The number of nitrogens with zero attached hydrogens (tertiary/aromatic N) is 1. The fourth-order valence-electron chi connectivity index (χ4n) is 1.76. The summed E-state index contributed by atoms with van der Waals surface area (Å²) < 4.78 is 18.4. The summed E-state index contributed by atoms with van der Waals surface area (Å²) in [4.78, 5) is 7.29. The molecule has 0 aliphatic carbocycles. The summed E-state index contributed by atoms with van der Waals surface area (Å²) in [5.74, 6) is 1.04. The standard InChI is InChI=1S/C13H15FN2O2/c1-18-12-5-4-9(14)7-10(12)11-8-15-13(16-11)3-2-6-17/h4-5,7-8,17H,2-3,6H2,1H3,(H,15,16). The molecule has 0 unspecified atom stereocenters. The minimum absolute atomic E-state index is 0.124. The van der Waals surface area contributed by atoms with Gasteiger partial charge >= 0.3 is 0 Å². The third-order valence-corrected chi connectivity index (χ3v) is 2.65. The maximum atomic E-state index is 13.3. The smallest absolute Gasteiger partial charge is 0.128 e. The molecule has 5 heteroatoms. The lowest BCUT2D eigenvalue weighted by Gasteiger charge is -2.06. The highest BCUT2D eigenvalue weighted by Gasteiger charge is 2.10. The summed E-state index contributed by atoms with van der Waals surface area (Å²) in [6, 6.07) is 4.34. The van der Waals surface area contributed by atoms with Gasteiger partial charge in [-0.05, 0) is 24.6 Å². The second-order valence-electron chi connectivity index (χ2n) is 3.92. The van der Waals surface area contributed by atoms with Gasteiger partial charge in [-0.3, -0.25) is 0 Å². The molecule has 4 nitrogen and oxygen atoms in total. The topological polar surface area (TPSA) is 58.1 Å². The number of aliphatic hydroxyl groups excluding tert-OH is 1. The van der Waals surface area contributed by atoms with Gasteiger partial charge in [0.1, 0.15) is 17.4 Å². The number of aromatic nitrogens is 2. The molecule has 0 spiro atoms. The first-order valence-electron chi connectivity index (χ1n) is 5.73. The summed E-state index contributed by atoms with van der Waals surface area (Å²) in [7, 11) is 1.54. The van der Waals surface area contributed by atoms with Crippen molar-refractivity contribution in [3.8, 4) is 17.0 Å². The highest BCUT2D eigenvalue weighted by atomic mass is 19.1. The van der Waals surface area contributed by atoms with Crippen LogP contribution in [0.2, 0.25) is 0 Å². The van der Waals surface area contributed by atoms with Crippen molar-refractivity contribution in [2.75, 3.05) is 13.7 Å². The third kappa shape index (κ3) is 2.68. The van der Waals surface area contributed by atoms with Gasteiger partial charge in [-0.15, -0.1) is 0 Å². The molecule has 0 aliphatic heterocycles. The second-order valence-corrected chi connectivity index (χ2v) is 3.92. The molecule has 1 heterocycles. The third-order valence-electron chi connectivity index (χ3n) is 2.65. The number of rotatable bonds is 5. The SMILES string of the molecule is COc1ccc(F)cc1-c1cnc(CCCO)[nH]1. The Morgan fingerprint density at radius 3 is 3.00 bits per heavy atom. The van der Waals surface area contributed by atoms with Crippen LogP contribution in [-0.2, 0) is 6.42 Å². The molecular weight excluding hydrogens is 235 g/mol. The predicted molar refractivity (Wildman–Crippen MR) is 65.9 cm³/mol. The van der Waals surface area contributed by atoms with Crippen LogP contribution in [0, 0.1) is 5.82 Å². The average Bonchev–Trinajstić information content (AvgIpc) is 2.85. The number of nitrogens with one attached hydrogen (secondary N) is 1. The summed E-state index contributed by atoms with van der Waals surface area (Å²) in [5, 5.41) is 8.76. The Kier molecular flexibility index (Phi) is 3.94. The molecule has 2 aromatic rings. The maximum absolute atomic E-state index is 13.3. The van der Waals surface area contributed by atoms with Crippen molar-refractivity contribution in [2.24, 2.45) is 0 Å². The van der Waals surface area contributed by atoms with Crippen molar-refractivity contribution in [2.45, 2.75) is 12.8 Å². The highest BCUT2D eigenvalue weighted by Crippen LogP contribution is 2.29. The normalized spacial score (nSPS) is 10.6. The Bertz CT molecular complexity index is 525. The van der Waals surface area contributed by atoms with Crippen LogP contribution in [0.25, 0.3) is 11.3 Å². The lowest BCUT2D eigenvalue weighted by molar-refractivity contribution is 0.287. The zero-order valence-electron chi connectivity index (χ0n) is 10.1. The summed E-state index contributed by atoms with van der Waals surface area (Å²) in [6.45, 7) is 0.124. The van der Waals surface area contributed by atoms with Gasteiger partial charge in [0.05, 0.1) is 19.0 Å². The first-order valence-corrected chi connectivity index (χ1v) is 5.73. The van der Waals surface area contributed by atoms with Gasteiger partial charge in [0.2, 0.25) is 0 Å². The minimum Gasteiger partial charge on any atom is -0.496 e. The van der Waals surface area contributed by atoms with E-state index in [0.29, 0.717) is 29.8 Å². The van der Waals surface area contributed by atoms with Crippen LogP contribution in [-0.4, -0.2) is 28.8 Å². The molecule has 2 N–H and O–H groups in total. The number of aromatic amines is 1. The summed E-state index contributed by atoms with van der Waals surface area (Å²) >= 11 is 0. The molecule has 0 radical (unpaired) electrons. The lowest BCUT2D eigenvalue weighted by atomic mass is 10.1. The van der Waals surface area contributed by atoms with E-state index in [0.717, 1.165) is 5.82 Å². The van der Waals surface area contributed by atoms with Crippen molar-refractivity contribution in [3.63, 3.8) is 0 Å². The van der Waals surface area contributed by atoms with Crippen molar-refractivity contribution < 1.29 is 14.2 Å². The van der Waals surface area contributed by atoms with Gasteiger partial charge in [-0.25, -0.2) is 9.37 Å². The molecule has 1 aromatic carbocycles. The molecule has 0 fully saturated rings. The van der Waals surface area contributed by atoms with Crippen LogP contribution >= 0.6 is 0 Å². The van der Waals surface area contributed by atoms with Crippen LogP contribution < -0.4 is 4.74 Å². The van der Waals surface area contributed by atoms with Gasteiger partial charge in [0.15, 0.2) is 0 Å². The van der Waals surface area contributed by atoms with Crippen LogP contribution in [0.15, 0.2) is 24.4 Å². The quantitative estimate of drug-likeness (QED) is 0.854. The van der Waals surface area contributed by atoms with Gasteiger partial charge in [0.25, 0.3) is 0 Å². The number of benzene rings is 1. The Labute approximate surface area is 104 Å². The zero-order chi connectivity index (χ0) is 13.0. The molecule has 0 saturated heterocycles. The van der Waals surface area contributed by atoms with Crippen molar-refractivity contribution >= 4 is 0 Å². The van der Waals surface area contributed by atoms with E-state index in [1.165, 1.54) is 12.1 Å². The Morgan fingerprint density at radius 2 is 2.28 bits per heavy atom. The van der Waals surface area contributed by atoms with Crippen LogP contribution in [0.3, 0.4) is 0 Å². The van der Waals surface area contributed by atoms with E-state index in [4.69, 9.17) is 9.84 Å². The number of aryl methyl sites for hydroxylation is 1. The van der Waals surface area contributed by atoms with E-state index >= 15 is 0 Å². The molecule has 18 heavy (non-hydrogen) atoms. The van der Waals surface area contributed by atoms with Gasteiger partial charge in [-0.2, -0.15) is 0 Å². The molecule has 96 valence electrons. The predicted octanol–water partition coefficient (Wildman–Crippen LogP) is 2.15. The number of halogens is 1. The van der Waals surface area contributed by atoms with Gasteiger partial charge in [-0.1, -0.05) is 0 Å². The van der Waals surface area contributed by atoms with E-state index < -0.39 is 0 Å². The largest absolute Gasteiger partial charge is 0.496 e. The molecule has 0 atom stereocenters. The Balaban J connectivity index is 2.30. The number of hydrogen-bond acceptors (Lipinski definition) is 3. The van der Waals surface area contributed by atoms with Crippen molar-refractivity contribution in [1.82, 2.24) is 9.97 Å². The molecule has 0 aliphatic rings. The molecule has 0 saturated carbocycles. The van der Waals surface area contributed by atoms with Crippen molar-refractivity contribution in [3.05, 3.63) is 36.0 Å². The fourth-order valence-corrected chi connectivity index (χ4v) is 1.76. The minimum atomic E-state index is -0.322.